The topological polar surface area (TPSA) is 82.9 Å². The fraction of sp³-hybridized carbons (Fsp3) is 0.414. The van der Waals surface area contributed by atoms with Crippen molar-refractivity contribution in [2.24, 2.45) is 0 Å². The smallest absolute Gasteiger partial charge is 0.335 e. The summed E-state index contributed by atoms with van der Waals surface area (Å²) in [6, 6.07) is 13.3. The van der Waals surface area contributed by atoms with Crippen molar-refractivity contribution < 1.29 is 19.5 Å². The van der Waals surface area contributed by atoms with Gasteiger partial charge >= 0.3 is 5.97 Å². The first-order chi connectivity index (χ1) is 17.3. The number of nitrogens with zero attached hydrogens (tertiary/aromatic N) is 3. The third-order valence-electron chi connectivity index (χ3n) is 7.68. The molecule has 1 N–H and O–H groups in total. The van der Waals surface area contributed by atoms with Gasteiger partial charge in [-0.05, 0) is 60.6 Å². The van der Waals surface area contributed by atoms with Crippen molar-refractivity contribution in [3.05, 3.63) is 53.6 Å². The number of anilines is 1. The molecule has 0 atom stereocenters. The molecule has 0 radical (unpaired) electrons. The van der Waals surface area contributed by atoms with Crippen LogP contribution in [0.1, 0.15) is 66.8 Å². The van der Waals surface area contributed by atoms with Crippen molar-refractivity contribution in [1.82, 2.24) is 9.47 Å². The minimum Gasteiger partial charge on any atom is -0.478 e. The summed E-state index contributed by atoms with van der Waals surface area (Å²) in [6.07, 6.45) is 7.17. The lowest BCUT2D eigenvalue weighted by molar-refractivity contribution is -0.129. The summed E-state index contributed by atoms with van der Waals surface area (Å²) in [6.45, 7) is 0.863. The number of carbonyl (C=O) groups excluding carboxylic acids is 2. The number of carboxylic acids is 1. The van der Waals surface area contributed by atoms with Crippen LogP contribution >= 0.6 is 0 Å². The number of aromatic carboxylic acids is 1. The number of likely N-dealkylation sites (N-methyl/N-ethyl adjacent to an activating group) is 1. The highest BCUT2D eigenvalue weighted by Crippen LogP contribution is 2.44. The van der Waals surface area contributed by atoms with E-state index in [4.69, 9.17) is 0 Å². The van der Waals surface area contributed by atoms with Gasteiger partial charge in [0, 0.05) is 38.1 Å². The van der Waals surface area contributed by atoms with Crippen LogP contribution in [0.2, 0.25) is 0 Å². The number of rotatable bonds is 6. The normalized spacial score (nSPS) is 16.6. The maximum Gasteiger partial charge on any atom is 0.335 e. The summed E-state index contributed by atoms with van der Waals surface area (Å²) in [5.74, 6) is -0.535. The Bertz CT molecular complexity index is 1320. The van der Waals surface area contributed by atoms with Gasteiger partial charge in [-0.25, -0.2) is 4.79 Å². The van der Waals surface area contributed by atoms with E-state index in [2.05, 4.69) is 0 Å². The molecule has 2 amide bonds. The van der Waals surface area contributed by atoms with Gasteiger partial charge < -0.3 is 19.5 Å². The second-order valence-corrected chi connectivity index (χ2v) is 10.2. The summed E-state index contributed by atoms with van der Waals surface area (Å²) < 4.78 is 2.00. The zero-order chi connectivity index (χ0) is 25.4. The van der Waals surface area contributed by atoms with Gasteiger partial charge in [-0.2, -0.15) is 0 Å². The van der Waals surface area contributed by atoms with Crippen LogP contribution < -0.4 is 4.90 Å². The lowest BCUT2D eigenvalue weighted by Crippen LogP contribution is -2.26. The molecule has 0 bridgehead atoms. The van der Waals surface area contributed by atoms with Crippen LogP contribution in [-0.4, -0.2) is 53.0 Å². The van der Waals surface area contributed by atoms with Crippen LogP contribution in [0.4, 0.5) is 5.69 Å². The monoisotopic (exact) mass is 487 g/mol. The average molecular weight is 488 g/mol. The molecule has 2 aliphatic rings. The van der Waals surface area contributed by atoms with E-state index in [1.54, 1.807) is 31.1 Å². The fourth-order valence-corrected chi connectivity index (χ4v) is 5.79. The van der Waals surface area contributed by atoms with E-state index in [1.807, 2.05) is 39.8 Å². The van der Waals surface area contributed by atoms with Crippen molar-refractivity contribution >= 4 is 34.4 Å². The lowest BCUT2D eigenvalue weighted by Gasteiger charge is -2.24. The largest absolute Gasteiger partial charge is 0.478 e. The van der Waals surface area contributed by atoms with Gasteiger partial charge in [0.05, 0.1) is 16.8 Å². The molecule has 1 aromatic heterocycles. The van der Waals surface area contributed by atoms with Crippen molar-refractivity contribution in [3.8, 4) is 11.3 Å². The molecule has 7 heteroatoms. The highest BCUT2D eigenvalue weighted by atomic mass is 16.4. The predicted octanol–water partition coefficient (Wildman–Crippen LogP) is 5.27. The van der Waals surface area contributed by atoms with Crippen molar-refractivity contribution in [3.63, 3.8) is 0 Å². The number of fused-ring (bicyclic) bond motifs is 1. The van der Waals surface area contributed by atoms with Gasteiger partial charge in [0.25, 0.3) is 0 Å². The Kier molecular flexibility index (Phi) is 6.56. The predicted molar refractivity (Wildman–Crippen MR) is 140 cm³/mol. The molecule has 1 saturated carbocycles. The van der Waals surface area contributed by atoms with E-state index in [0.717, 1.165) is 66.5 Å². The van der Waals surface area contributed by atoms with Crippen LogP contribution in [0.15, 0.2) is 42.5 Å². The van der Waals surface area contributed by atoms with Gasteiger partial charge in [0.15, 0.2) is 0 Å². The number of amides is 2. The molecule has 2 aromatic carbocycles. The zero-order valence-electron chi connectivity index (χ0n) is 21.0. The number of aromatic nitrogens is 1. The van der Waals surface area contributed by atoms with Crippen LogP contribution in [0, 0.1) is 0 Å². The number of carbonyl (C=O) groups is 3. The summed E-state index contributed by atoms with van der Waals surface area (Å²) >= 11 is 0. The van der Waals surface area contributed by atoms with E-state index in [1.165, 1.54) is 12.0 Å². The number of carboxylic acid groups (broad SMARTS) is 1. The van der Waals surface area contributed by atoms with E-state index in [0.29, 0.717) is 12.3 Å². The number of hydrogen-bond donors (Lipinski definition) is 1. The van der Waals surface area contributed by atoms with Crippen molar-refractivity contribution in [1.29, 1.82) is 0 Å². The molecule has 3 aromatic rings. The molecule has 188 valence electrons. The van der Waals surface area contributed by atoms with Crippen molar-refractivity contribution in [2.45, 2.75) is 57.4 Å². The molecule has 5 rings (SSSR count). The van der Waals surface area contributed by atoms with E-state index >= 15 is 0 Å². The first-order valence-corrected chi connectivity index (χ1v) is 12.9. The molecular formula is C29H33N3O4. The average Bonchev–Trinajstić information content (AvgIpc) is 3.45. The number of hydrogen-bond acceptors (Lipinski definition) is 3. The summed E-state index contributed by atoms with van der Waals surface area (Å²) in [4.78, 5) is 40.4. The highest BCUT2D eigenvalue weighted by molar-refractivity contribution is 5.99. The Labute approximate surface area is 211 Å². The van der Waals surface area contributed by atoms with E-state index in [9.17, 15) is 19.5 Å². The summed E-state index contributed by atoms with van der Waals surface area (Å²) in [5, 5.41) is 10.7. The minimum atomic E-state index is -0.982. The molecule has 36 heavy (non-hydrogen) atoms. The fourth-order valence-electron chi connectivity index (χ4n) is 5.79. The molecule has 7 nitrogen and oxygen atoms in total. The van der Waals surface area contributed by atoms with Crippen LogP contribution in [0.25, 0.3) is 22.2 Å². The van der Waals surface area contributed by atoms with Crippen molar-refractivity contribution in [2.75, 3.05) is 25.5 Å². The van der Waals surface area contributed by atoms with E-state index in [-0.39, 0.29) is 23.9 Å². The second kappa shape index (κ2) is 9.80. The Morgan fingerprint density at radius 3 is 2.33 bits per heavy atom. The van der Waals surface area contributed by atoms with E-state index < -0.39 is 5.97 Å². The van der Waals surface area contributed by atoms with Gasteiger partial charge in [-0.15, -0.1) is 0 Å². The highest BCUT2D eigenvalue weighted by Gasteiger charge is 2.28. The first-order valence-electron chi connectivity index (χ1n) is 12.9. The van der Waals surface area contributed by atoms with Gasteiger partial charge in [0.2, 0.25) is 11.8 Å². The Morgan fingerprint density at radius 2 is 1.72 bits per heavy atom. The molecule has 1 saturated heterocycles. The number of benzene rings is 2. The van der Waals surface area contributed by atoms with Crippen LogP contribution in [0.5, 0.6) is 0 Å². The molecule has 0 unspecified atom stereocenters. The molecule has 1 aliphatic heterocycles. The maximum atomic E-state index is 13.0. The third kappa shape index (κ3) is 4.38. The molecular weight excluding hydrogens is 454 g/mol. The maximum absolute atomic E-state index is 13.0. The molecule has 2 heterocycles. The van der Waals surface area contributed by atoms with Crippen LogP contribution in [-0.2, 0) is 16.1 Å². The molecule has 2 fully saturated rings. The minimum absolute atomic E-state index is 0.0524. The third-order valence-corrected chi connectivity index (χ3v) is 7.68. The molecule has 1 aliphatic carbocycles. The Hall–Kier alpha value is -3.61. The van der Waals surface area contributed by atoms with Crippen LogP contribution in [0.3, 0.4) is 0 Å². The Morgan fingerprint density at radius 1 is 1.00 bits per heavy atom. The first kappa shape index (κ1) is 24.1. The standard InChI is InChI=1S/C29H33N3O4/c1-30(2)26(34)18-32-24-17-21(29(35)36)12-15-23(24)27(19-7-4-3-5-8-19)28(32)20-10-13-22(14-11-20)31-16-6-9-25(31)33/h10-15,17,19H,3-9,16,18H2,1-2H3,(H,35,36). The Balaban J connectivity index is 1.72. The van der Waals surface area contributed by atoms with Gasteiger partial charge in [-0.3, -0.25) is 9.59 Å². The quantitative estimate of drug-likeness (QED) is 0.514. The van der Waals surface area contributed by atoms with Gasteiger partial charge in [-0.1, -0.05) is 37.5 Å². The summed E-state index contributed by atoms with van der Waals surface area (Å²) in [7, 11) is 3.47. The zero-order valence-corrected chi connectivity index (χ0v) is 21.0. The SMILES string of the molecule is CN(C)C(=O)Cn1c(-c2ccc(N3CCCC3=O)cc2)c(C2CCCCC2)c2ccc(C(=O)O)cc21. The lowest BCUT2D eigenvalue weighted by atomic mass is 9.81. The second-order valence-electron chi connectivity index (χ2n) is 10.2. The summed E-state index contributed by atoms with van der Waals surface area (Å²) in [5.41, 5.74) is 5.04. The molecule has 0 spiro atoms. The van der Waals surface area contributed by atoms with Gasteiger partial charge in [0.1, 0.15) is 6.54 Å².